The molecule has 42 heavy (non-hydrogen) atoms. The topological polar surface area (TPSA) is 135 Å². The van der Waals surface area contributed by atoms with Crippen LogP contribution in [0.15, 0.2) is 54.7 Å². The van der Waals surface area contributed by atoms with Gasteiger partial charge in [-0.05, 0) is 68.7 Å². The fourth-order valence-electron chi connectivity index (χ4n) is 4.84. The highest BCUT2D eigenvalue weighted by atomic mass is 19.1. The molecule has 1 aromatic heterocycles. The molecule has 0 radical (unpaired) electrons. The van der Waals surface area contributed by atoms with Crippen molar-refractivity contribution in [2.24, 2.45) is 5.73 Å². The Labute approximate surface area is 240 Å². The van der Waals surface area contributed by atoms with Crippen LogP contribution >= 0.6 is 0 Å². The van der Waals surface area contributed by atoms with E-state index in [-0.39, 0.29) is 42.0 Å². The number of primary amides is 1. The lowest BCUT2D eigenvalue weighted by Crippen LogP contribution is -2.51. The molecule has 3 atom stereocenters. The minimum absolute atomic E-state index is 0.129. The van der Waals surface area contributed by atoms with Crippen molar-refractivity contribution in [1.82, 2.24) is 15.2 Å². The Hall–Kier alpha value is -4.13. The molecule has 2 amide bonds. The highest BCUT2D eigenvalue weighted by Gasteiger charge is 2.41. The summed E-state index contributed by atoms with van der Waals surface area (Å²) in [6.07, 6.45) is -0.447. The summed E-state index contributed by atoms with van der Waals surface area (Å²) < 4.78 is 48.0. The number of aliphatic hydroxyl groups is 1. The highest BCUT2D eigenvalue weighted by Crippen LogP contribution is 2.31. The van der Waals surface area contributed by atoms with Gasteiger partial charge in [0.25, 0.3) is 5.91 Å². The molecule has 9 nitrogen and oxygen atoms in total. The maximum Gasteiger partial charge on any atom is 0.251 e. The molecule has 0 spiro atoms. The number of rotatable bonds is 9. The number of hydrogen-bond acceptors (Lipinski definition) is 7. The summed E-state index contributed by atoms with van der Waals surface area (Å²) in [5.74, 6) is -4.40. The number of amides is 2. The molecule has 1 unspecified atom stereocenters. The maximum atomic E-state index is 14.2. The lowest BCUT2D eigenvalue weighted by Gasteiger charge is -2.33. The number of carbonyl (C=O) groups is 3. The third-order valence-electron chi connectivity index (χ3n) is 6.62. The first-order valence-electron chi connectivity index (χ1n) is 13.1. The minimum Gasteiger partial charge on any atom is -0.366 e. The molecule has 12 heteroatoms. The van der Waals surface area contributed by atoms with Gasteiger partial charge in [-0.25, -0.2) is 18.1 Å². The molecule has 1 aliphatic heterocycles. The summed E-state index contributed by atoms with van der Waals surface area (Å²) in [5, 5.41) is 13.5. The number of ether oxygens (including phenoxy) is 1. The van der Waals surface area contributed by atoms with Crippen LogP contribution in [0.25, 0.3) is 11.1 Å². The van der Waals surface area contributed by atoms with Gasteiger partial charge >= 0.3 is 0 Å². The maximum absolute atomic E-state index is 14.2. The Bertz CT molecular complexity index is 1490. The molecule has 1 saturated heterocycles. The normalized spacial score (nSPS) is 17.2. The number of halogens is 3. The largest absolute Gasteiger partial charge is 0.366 e. The molecule has 2 heterocycles. The average Bonchev–Trinajstić information content (AvgIpc) is 3.29. The summed E-state index contributed by atoms with van der Waals surface area (Å²) >= 11 is 0. The van der Waals surface area contributed by atoms with Crippen LogP contribution in [0, 0.1) is 17.5 Å². The third kappa shape index (κ3) is 7.38. The summed E-state index contributed by atoms with van der Waals surface area (Å²) in [6.45, 7) is 4.90. The summed E-state index contributed by atoms with van der Waals surface area (Å²) in [6, 6.07) is 7.74. The number of pyridine rings is 1. The Balaban J connectivity index is 1.74. The Kier molecular flexibility index (Phi) is 9.09. The van der Waals surface area contributed by atoms with Gasteiger partial charge in [0.2, 0.25) is 12.3 Å². The van der Waals surface area contributed by atoms with Crippen LogP contribution in [-0.2, 0) is 20.7 Å². The first-order chi connectivity index (χ1) is 19.7. The van der Waals surface area contributed by atoms with Crippen LogP contribution in [0.3, 0.4) is 0 Å². The van der Waals surface area contributed by atoms with Crippen LogP contribution in [0.2, 0.25) is 0 Å². The van der Waals surface area contributed by atoms with E-state index in [1.54, 1.807) is 32.9 Å². The average molecular weight is 585 g/mol. The van der Waals surface area contributed by atoms with Crippen LogP contribution in [0.1, 0.15) is 54.8 Å². The first kappa shape index (κ1) is 30.8. The molecule has 3 aromatic rings. The van der Waals surface area contributed by atoms with E-state index in [9.17, 15) is 32.7 Å². The van der Waals surface area contributed by atoms with E-state index < -0.39 is 53.4 Å². The van der Waals surface area contributed by atoms with E-state index in [2.05, 4.69) is 10.3 Å². The Morgan fingerprint density at radius 1 is 1.14 bits per heavy atom. The van der Waals surface area contributed by atoms with Crippen LogP contribution in [0.4, 0.5) is 13.2 Å². The van der Waals surface area contributed by atoms with E-state index >= 15 is 0 Å². The van der Waals surface area contributed by atoms with Crippen molar-refractivity contribution in [2.75, 3.05) is 6.54 Å². The number of nitrogens with two attached hydrogens (primary N) is 1. The van der Waals surface area contributed by atoms with Crippen molar-refractivity contribution < 1.29 is 37.4 Å². The van der Waals surface area contributed by atoms with Crippen molar-refractivity contribution in [3.63, 3.8) is 0 Å². The number of aromatic nitrogens is 1. The fraction of sp³-hybridized carbons (Fsp3) is 0.333. The van der Waals surface area contributed by atoms with Gasteiger partial charge in [0.1, 0.15) is 29.3 Å². The lowest BCUT2D eigenvalue weighted by atomic mass is 9.94. The Morgan fingerprint density at radius 3 is 2.48 bits per heavy atom. The number of likely N-dealkylation sites (tertiary alicyclic amines) is 1. The molecule has 4 N–H and O–H groups in total. The quantitative estimate of drug-likeness (QED) is 0.328. The molecule has 0 saturated carbocycles. The molecular weight excluding hydrogens is 553 g/mol. The second-order valence-electron chi connectivity index (χ2n) is 11.0. The minimum atomic E-state index is -1.56. The molecule has 0 bridgehead atoms. The number of aliphatic hydroxyl groups excluding tert-OH is 1. The number of ketones is 1. The second-order valence-corrected chi connectivity index (χ2v) is 11.0. The zero-order valence-electron chi connectivity index (χ0n) is 23.2. The predicted molar refractivity (Wildman–Crippen MR) is 146 cm³/mol. The van der Waals surface area contributed by atoms with Crippen LogP contribution in [0.5, 0.6) is 0 Å². The highest BCUT2D eigenvalue weighted by molar-refractivity contribution is 5.95. The fourth-order valence-corrected chi connectivity index (χ4v) is 4.84. The van der Waals surface area contributed by atoms with Gasteiger partial charge < -0.3 is 20.9 Å². The van der Waals surface area contributed by atoms with Gasteiger partial charge in [-0.2, -0.15) is 0 Å². The van der Waals surface area contributed by atoms with Gasteiger partial charge in [0.05, 0.1) is 29.4 Å². The molecule has 222 valence electrons. The second kappa shape index (κ2) is 12.4. The first-order valence-corrected chi connectivity index (χ1v) is 13.1. The van der Waals surface area contributed by atoms with E-state index in [0.717, 1.165) is 18.2 Å². The van der Waals surface area contributed by atoms with E-state index in [1.165, 1.54) is 23.2 Å². The van der Waals surface area contributed by atoms with Crippen molar-refractivity contribution >= 4 is 17.6 Å². The van der Waals surface area contributed by atoms with Gasteiger partial charge in [0.15, 0.2) is 0 Å². The van der Waals surface area contributed by atoms with Crippen molar-refractivity contribution in [2.45, 2.75) is 57.7 Å². The molecule has 4 rings (SSSR count). The van der Waals surface area contributed by atoms with E-state index in [0.29, 0.717) is 17.2 Å². The molecular formula is C30H31F3N4O5. The van der Waals surface area contributed by atoms with Crippen molar-refractivity contribution in [1.29, 1.82) is 0 Å². The van der Waals surface area contributed by atoms with Gasteiger partial charge in [-0.3, -0.25) is 19.4 Å². The zero-order valence-corrected chi connectivity index (χ0v) is 23.2. The summed E-state index contributed by atoms with van der Waals surface area (Å²) in [5.41, 5.74) is 5.36. The number of Topliss-reactive ketones (excluding diaryl/α,β-unsaturated/α-hetero) is 1. The molecule has 1 aliphatic rings. The van der Waals surface area contributed by atoms with Crippen molar-refractivity contribution in [3.8, 4) is 11.1 Å². The van der Waals surface area contributed by atoms with E-state index in [4.69, 9.17) is 10.5 Å². The summed E-state index contributed by atoms with van der Waals surface area (Å²) in [4.78, 5) is 43.5. The van der Waals surface area contributed by atoms with Gasteiger partial charge in [-0.15, -0.1) is 0 Å². The number of hydrogen-bond donors (Lipinski definition) is 3. The van der Waals surface area contributed by atoms with Crippen molar-refractivity contribution in [3.05, 3.63) is 89.0 Å². The smallest absolute Gasteiger partial charge is 0.251 e. The zero-order chi connectivity index (χ0) is 30.8. The predicted octanol–water partition coefficient (Wildman–Crippen LogP) is 3.40. The number of benzene rings is 2. The van der Waals surface area contributed by atoms with E-state index in [1.807, 2.05) is 0 Å². The number of nitrogens with zero attached hydrogens (tertiary/aromatic N) is 2. The molecule has 0 aliphatic carbocycles. The SMILES string of the molecule is CC(C)(C)OC(O)N1CC(=O)C[C@H]1C(=O)N[C@@H](Cc1cc(F)cc(F)c1)c1ncccc1-c1ccc(F)c(C(N)=O)c1. The number of carbonyl (C=O) groups excluding carboxylic acids is 3. The molecule has 2 aromatic carbocycles. The third-order valence-corrected chi connectivity index (χ3v) is 6.62. The molecule has 1 fully saturated rings. The van der Waals surface area contributed by atoms with Gasteiger partial charge in [0, 0.05) is 24.2 Å². The number of nitrogens with one attached hydrogen (secondary N) is 1. The monoisotopic (exact) mass is 584 g/mol. The van der Waals surface area contributed by atoms with Crippen LogP contribution < -0.4 is 11.1 Å². The summed E-state index contributed by atoms with van der Waals surface area (Å²) in [7, 11) is 0. The Morgan fingerprint density at radius 2 is 1.83 bits per heavy atom. The standard InChI is InChI=1S/C30H31F3N4O5/c1-30(2,3)42-29(41)37-15-20(38)14-25(37)28(40)36-24(11-16-9-18(31)13-19(32)10-16)26-21(5-4-8-35-26)17-6-7-23(33)22(12-17)27(34)39/h4-10,12-13,24-25,29,41H,11,14-15H2,1-3H3,(H2,34,39)(H,36,40)/t24-,25-,29?/m0/s1. The van der Waals surface area contributed by atoms with Gasteiger partial charge in [-0.1, -0.05) is 12.1 Å². The van der Waals surface area contributed by atoms with Crippen LogP contribution in [-0.4, -0.2) is 57.2 Å². The lowest BCUT2D eigenvalue weighted by molar-refractivity contribution is -0.241.